The van der Waals surface area contributed by atoms with Crippen LogP contribution in [0.3, 0.4) is 0 Å². The molecule has 9 nitrogen and oxygen atoms in total. The molecular weight excluding hydrogens is 618 g/mol. The fourth-order valence-electron chi connectivity index (χ4n) is 11.4. The lowest BCUT2D eigenvalue weighted by Crippen LogP contribution is -2.66. The van der Waals surface area contributed by atoms with Gasteiger partial charge in [0.15, 0.2) is 17.3 Å². The zero-order valence-electron chi connectivity index (χ0n) is 30.6. The number of carbonyl (C=O) groups is 4. The first-order valence-electron chi connectivity index (χ1n) is 18.1. The van der Waals surface area contributed by atoms with E-state index >= 15 is 0 Å². The van der Waals surface area contributed by atoms with Crippen molar-refractivity contribution in [1.29, 1.82) is 5.26 Å². The van der Waals surface area contributed by atoms with Gasteiger partial charge in [-0.3, -0.25) is 14.4 Å². The van der Waals surface area contributed by atoms with Gasteiger partial charge in [0, 0.05) is 29.5 Å². The molecule has 1 heterocycles. The maximum absolute atomic E-state index is 14.7. The largest absolute Gasteiger partial charge is 0.465 e. The van der Waals surface area contributed by atoms with Crippen molar-refractivity contribution in [3.63, 3.8) is 0 Å². The highest BCUT2D eigenvalue weighted by molar-refractivity contribution is 6.04. The summed E-state index contributed by atoms with van der Waals surface area (Å²) in [6.45, 7) is 16.1. The minimum atomic E-state index is -0.707. The molecule has 0 N–H and O–H groups in total. The molecule has 1 aromatic rings. The highest BCUT2D eigenvalue weighted by Crippen LogP contribution is 2.74. The van der Waals surface area contributed by atoms with Gasteiger partial charge in [0.2, 0.25) is 0 Å². The Morgan fingerprint density at radius 1 is 1.02 bits per heavy atom. The predicted molar refractivity (Wildman–Crippen MR) is 183 cm³/mol. The number of nitrogens with zero attached hydrogens (tertiary/aromatic N) is 3. The van der Waals surface area contributed by atoms with E-state index in [-0.39, 0.29) is 62.8 Å². The van der Waals surface area contributed by atoms with Gasteiger partial charge in [0.25, 0.3) is 0 Å². The van der Waals surface area contributed by atoms with E-state index in [4.69, 9.17) is 9.47 Å². The predicted octanol–water partition coefficient (Wildman–Crippen LogP) is 7.21. The molecule has 0 radical (unpaired) electrons. The highest BCUT2D eigenvalue weighted by Gasteiger charge is 2.71. The topological polar surface area (TPSA) is 128 Å². The summed E-state index contributed by atoms with van der Waals surface area (Å²) in [5.41, 5.74) is -1.19. The Balaban J connectivity index is 1.27. The van der Waals surface area contributed by atoms with E-state index in [2.05, 4.69) is 45.7 Å². The smallest absolute Gasteiger partial charge is 0.358 e. The molecule has 264 valence electrons. The fraction of sp³-hybridized carbons (Fsp3) is 0.700. The molecule has 3 saturated carbocycles. The normalized spacial score (nSPS) is 37.2. The first-order chi connectivity index (χ1) is 22.9. The minimum Gasteiger partial charge on any atom is -0.465 e. The molecule has 1 aromatic heterocycles. The number of imidazole rings is 1. The molecule has 0 bridgehead atoms. The van der Waals surface area contributed by atoms with E-state index < -0.39 is 22.2 Å². The number of aromatic nitrogens is 2. The molecule has 0 aromatic carbocycles. The molecule has 3 fully saturated rings. The monoisotopic (exact) mass is 671 g/mol. The van der Waals surface area contributed by atoms with Gasteiger partial charge >= 0.3 is 11.9 Å². The Bertz CT molecular complexity index is 1690. The zero-order valence-corrected chi connectivity index (χ0v) is 30.6. The molecule has 0 spiro atoms. The van der Waals surface area contributed by atoms with Gasteiger partial charge < -0.3 is 14.0 Å². The SMILES string of the molecule is COC(=O)c1cn(CCCCOC(=O)[C@]23CCC(C)(C)C[C@H]2[C@H]2C(=O)C=C4[C@@]5(C)C=C(C#N)C(=O)C(C)(C)[C@@H]5CC[C@@]4(C)[C@]2(C)CC3)cn1. The number of hydrogen-bond donors (Lipinski definition) is 0. The maximum Gasteiger partial charge on any atom is 0.358 e. The van der Waals surface area contributed by atoms with Crippen molar-refractivity contribution in [2.75, 3.05) is 13.7 Å². The second-order valence-electron chi connectivity index (χ2n) is 17.7. The number of ketones is 2. The van der Waals surface area contributed by atoms with Crippen LogP contribution in [-0.4, -0.2) is 46.8 Å². The second kappa shape index (κ2) is 11.8. The van der Waals surface area contributed by atoms with Gasteiger partial charge in [-0.05, 0) is 91.9 Å². The quantitative estimate of drug-likeness (QED) is 0.220. The van der Waals surface area contributed by atoms with Crippen LogP contribution >= 0.6 is 0 Å². The molecule has 49 heavy (non-hydrogen) atoms. The van der Waals surface area contributed by atoms with Crippen molar-refractivity contribution in [1.82, 2.24) is 9.55 Å². The second-order valence-corrected chi connectivity index (χ2v) is 17.7. The molecule has 5 aliphatic carbocycles. The molecule has 7 atom stereocenters. The molecular formula is C40H53N3O6. The maximum atomic E-state index is 14.7. The van der Waals surface area contributed by atoms with Crippen LogP contribution in [0, 0.1) is 61.6 Å². The van der Waals surface area contributed by atoms with Gasteiger partial charge in [0.05, 0.1) is 31.0 Å². The lowest BCUT2D eigenvalue weighted by atomic mass is 9.34. The third-order valence-corrected chi connectivity index (χ3v) is 14.3. The van der Waals surface area contributed by atoms with Gasteiger partial charge in [-0.1, -0.05) is 60.1 Å². The summed E-state index contributed by atoms with van der Waals surface area (Å²) in [5, 5.41) is 9.99. The van der Waals surface area contributed by atoms with E-state index in [1.165, 1.54) is 7.11 Å². The van der Waals surface area contributed by atoms with E-state index in [0.717, 1.165) is 44.1 Å². The third kappa shape index (κ3) is 5.17. The number of allylic oxidation sites excluding steroid dienone is 4. The van der Waals surface area contributed by atoms with Crippen molar-refractivity contribution in [3.8, 4) is 6.07 Å². The van der Waals surface area contributed by atoms with E-state index in [9.17, 15) is 24.4 Å². The van der Waals surface area contributed by atoms with Gasteiger partial charge in [-0.15, -0.1) is 0 Å². The third-order valence-electron chi connectivity index (χ3n) is 14.3. The number of rotatable bonds is 7. The van der Waals surface area contributed by atoms with Crippen LogP contribution in [0.5, 0.6) is 0 Å². The number of methoxy groups -OCH3 is 1. The minimum absolute atomic E-state index is 0.00639. The number of unbranched alkanes of at least 4 members (excludes halogenated alkanes) is 1. The van der Waals surface area contributed by atoms with Crippen molar-refractivity contribution in [3.05, 3.63) is 41.5 Å². The van der Waals surface area contributed by atoms with Gasteiger partial charge in [-0.25, -0.2) is 9.78 Å². The summed E-state index contributed by atoms with van der Waals surface area (Å²) in [6.07, 6.45) is 14.0. The lowest BCUT2D eigenvalue weighted by Gasteiger charge is -2.68. The molecule has 0 amide bonds. The van der Waals surface area contributed by atoms with E-state index in [0.29, 0.717) is 32.4 Å². The Labute approximate surface area is 290 Å². The first-order valence-corrected chi connectivity index (χ1v) is 18.1. The Morgan fingerprint density at radius 3 is 2.43 bits per heavy atom. The Morgan fingerprint density at radius 2 is 1.73 bits per heavy atom. The molecule has 0 saturated heterocycles. The first kappa shape index (κ1) is 35.3. The molecule has 5 aliphatic rings. The number of nitriles is 1. The van der Waals surface area contributed by atoms with Crippen molar-refractivity contribution in [2.45, 2.75) is 113 Å². The lowest BCUT2D eigenvalue weighted by molar-refractivity contribution is -0.193. The fourth-order valence-corrected chi connectivity index (χ4v) is 11.4. The average Bonchev–Trinajstić information content (AvgIpc) is 3.52. The highest BCUT2D eigenvalue weighted by atomic mass is 16.5. The van der Waals surface area contributed by atoms with Crippen LogP contribution in [0.2, 0.25) is 0 Å². The van der Waals surface area contributed by atoms with Crippen molar-refractivity contribution in [2.24, 2.45) is 50.2 Å². The number of fused-ring (bicyclic) bond motifs is 7. The van der Waals surface area contributed by atoms with Crippen LogP contribution in [0.1, 0.15) is 117 Å². The van der Waals surface area contributed by atoms with E-state index in [1.807, 2.05) is 30.6 Å². The summed E-state index contributed by atoms with van der Waals surface area (Å²) in [4.78, 5) is 58.2. The van der Waals surface area contributed by atoms with Crippen LogP contribution in [0.25, 0.3) is 0 Å². The van der Waals surface area contributed by atoms with Crippen LogP contribution in [-0.2, 0) is 30.4 Å². The number of esters is 2. The number of Topliss-reactive ketones (excluding diaryl/α,β-unsaturated/α-hetero) is 1. The molecule has 9 heteroatoms. The van der Waals surface area contributed by atoms with Crippen molar-refractivity contribution < 1.29 is 28.7 Å². The van der Waals surface area contributed by atoms with Gasteiger partial charge in [-0.2, -0.15) is 5.26 Å². The Kier molecular flexibility index (Phi) is 8.48. The van der Waals surface area contributed by atoms with Crippen LogP contribution in [0.4, 0.5) is 0 Å². The van der Waals surface area contributed by atoms with Crippen molar-refractivity contribution >= 4 is 23.5 Å². The number of carbonyl (C=O) groups excluding carboxylic acids is 4. The average molecular weight is 672 g/mol. The molecule has 0 aliphatic heterocycles. The van der Waals surface area contributed by atoms with Crippen LogP contribution < -0.4 is 0 Å². The number of aryl methyl sites for hydroxylation is 1. The van der Waals surface area contributed by atoms with Crippen LogP contribution in [0.15, 0.2) is 35.8 Å². The summed E-state index contributed by atoms with van der Waals surface area (Å²) in [7, 11) is 1.33. The number of hydrogen-bond acceptors (Lipinski definition) is 8. The summed E-state index contributed by atoms with van der Waals surface area (Å²) in [5.74, 6) is -1.11. The zero-order chi connectivity index (χ0) is 35.8. The number of ether oxygens (including phenoxy) is 2. The molecule has 0 unspecified atom stereocenters. The summed E-state index contributed by atoms with van der Waals surface area (Å²) >= 11 is 0. The molecule has 6 rings (SSSR count). The van der Waals surface area contributed by atoms with Gasteiger partial charge in [0.1, 0.15) is 6.07 Å². The summed E-state index contributed by atoms with van der Waals surface area (Å²) in [6, 6.07) is 2.18. The standard InChI is InChI=1S/C40H53N3O6/c1-35(2)13-15-40(34(47)49-18-10-9-17-43-23-27(42-24-43)33(46)48-8)16-14-39(7)31(26(40)21-35)28(44)19-30-37(5)20-25(22-41)32(45)36(3,4)29(37)11-12-38(30,39)6/h19-20,23-24,26,29,31H,9-18,21H2,1-8H3/t26-,29-,31-,37-,38+,39+,40-/m0/s1. The summed E-state index contributed by atoms with van der Waals surface area (Å²) < 4.78 is 12.7. The Hall–Kier alpha value is -3.54. The van der Waals surface area contributed by atoms with E-state index in [1.54, 1.807) is 12.5 Å².